The van der Waals surface area contributed by atoms with Crippen molar-refractivity contribution in [2.75, 3.05) is 11.5 Å². The quantitative estimate of drug-likeness (QED) is 0.339. The molecule has 0 saturated heterocycles. The summed E-state index contributed by atoms with van der Waals surface area (Å²) in [6, 6.07) is 39.7. The number of nitrogens with two attached hydrogens (primary N) is 2. The molecule has 1 heterocycles. The van der Waals surface area contributed by atoms with Gasteiger partial charge >= 0.3 is 0 Å². The minimum absolute atomic E-state index is 0.614. The molecule has 0 aliphatic carbocycles. The molecule has 1 aliphatic rings. The molecule has 4 nitrogen and oxygen atoms in total. The second kappa shape index (κ2) is 8.72. The van der Waals surface area contributed by atoms with E-state index in [0.717, 1.165) is 33.4 Å². The van der Waals surface area contributed by atoms with Crippen LogP contribution >= 0.6 is 11.8 Å². The van der Waals surface area contributed by atoms with E-state index in [9.17, 15) is 10.5 Å². The van der Waals surface area contributed by atoms with Crippen LogP contribution in [-0.4, -0.2) is 0 Å². The Kier molecular flexibility index (Phi) is 5.57. The highest BCUT2D eigenvalue weighted by molar-refractivity contribution is 8.03. The molecular formula is C30H22N4S. The fraction of sp³-hybridized carbons (Fsp3) is 0.0667. The van der Waals surface area contributed by atoms with Crippen molar-refractivity contribution in [3.05, 3.63) is 131 Å². The first-order chi connectivity index (χ1) is 17.0. The molecule has 2 unspecified atom stereocenters. The van der Waals surface area contributed by atoms with E-state index < -0.39 is 9.49 Å². The second-order valence-electron chi connectivity index (χ2n) is 8.41. The van der Waals surface area contributed by atoms with E-state index in [0.29, 0.717) is 11.4 Å². The molecule has 168 valence electrons. The molecule has 4 aromatic rings. The summed E-state index contributed by atoms with van der Waals surface area (Å²) in [5.41, 5.74) is 18.2. The number of nitriles is 2. The van der Waals surface area contributed by atoms with Crippen molar-refractivity contribution >= 4 is 34.3 Å². The molecule has 0 radical (unpaired) electrons. The summed E-state index contributed by atoms with van der Waals surface area (Å²) < 4.78 is -2.31. The number of hydrogen-bond acceptors (Lipinski definition) is 5. The highest BCUT2D eigenvalue weighted by atomic mass is 32.2. The summed E-state index contributed by atoms with van der Waals surface area (Å²) >= 11 is 1.35. The van der Waals surface area contributed by atoms with Crippen LogP contribution < -0.4 is 11.5 Å². The van der Waals surface area contributed by atoms with Gasteiger partial charge in [0.05, 0.1) is 12.1 Å². The SMILES string of the molecule is N#CC1(c2ccc(N)cc2)SC(C#N)(c2ccc(N)cc2)C(c2ccccc2)=C1c1ccccc1. The monoisotopic (exact) mass is 470 g/mol. The molecule has 5 heteroatoms. The van der Waals surface area contributed by atoms with Crippen molar-refractivity contribution < 1.29 is 0 Å². The second-order valence-corrected chi connectivity index (χ2v) is 9.84. The predicted molar refractivity (Wildman–Crippen MR) is 144 cm³/mol. The number of nitrogens with zero attached hydrogens (tertiary/aromatic N) is 2. The average molecular weight is 471 g/mol. The van der Waals surface area contributed by atoms with Crippen molar-refractivity contribution in [3.8, 4) is 12.1 Å². The normalized spacial score (nSPS) is 21.3. The molecule has 0 bridgehead atoms. The Bertz CT molecular complexity index is 1370. The van der Waals surface area contributed by atoms with Gasteiger partial charge in [0.25, 0.3) is 0 Å². The van der Waals surface area contributed by atoms with E-state index in [-0.39, 0.29) is 0 Å². The van der Waals surface area contributed by atoms with Crippen LogP contribution in [0, 0.1) is 22.7 Å². The molecule has 2 atom stereocenters. The smallest absolute Gasteiger partial charge is 0.156 e. The summed E-state index contributed by atoms with van der Waals surface area (Å²) in [7, 11) is 0. The Morgan fingerprint density at radius 2 is 0.857 bits per heavy atom. The highest BCUT2D eigenvalue weighted by Crippen LogP contribution is 2.68. The molecule has 0 aromatic heterocycles. The zero-order valence-electron chi connectivity index (χ0n) is 18.8. The van der Waals surface area contributed by atoms with Crippen molar-refractivity contribution in [1.82, 2.24) is 0 Å². The van der Waals surface area contributed by atoms with Crippen molar-refractivity contribution in [1.29, 1.82) is 10.5 Å². The van der Waals surface area contributed by atoms with Crippen LogP contribution in [0.5, 0.6) is 0 Å². The third-order valence-electron chi connectivity index (χ3n) is 6.33. The third kappa shape index (κ3) is 3.54. The van der Waals surface area contributed by atoms with Crippen molar-refractivity contribution in [2.24, 2.45) is 0 Å². The number of benzene rings is 4. The lowest BCUT2D eigenvalue weighted by atomic mass is 9.76. The first-order valence-corrected chi connectivity index (χ1v) is 12.0. The Balaban J connectivity index is 1.95. The summed E-state index contributed by atoms with van der Waals surface area (Å²) in [6.45, 7) is 0. The van der Waals surface area contributed by atoms with Gasteiger partial charge in [-0.2, -0.15) is 10.5 Å². The predicted octanol–water partition coefficient (Wildman–Crippen LogP) is 6.35. The minimum Gasteiger partial charge on any atom is -0.399 e. The molecule has 0 amide bonds. The molecule has 35 heavy (non-hydrogen) atoms. The lowest BCUT2D eigenvalue weighted by Crippen LogP contribution is -2.23. The van der Waals surface area contributed by atoms with E-state index in [1.165, 1.54) is 11.8 Å². The first kappa shape index (κ1) is 22.3. The van der Waals surface area contributed by atoms with Gasteiger partial charge in [0.2, 0.25) is 0 Å². The Morgan fingerprint density at radius 1 is 0.514 bits per heavy atom. The minimum atomic E-state index is -1.16. The summed E-state index contributed by atoms with van der Waals surface area (Å²) in [5.74, 6) is 0. The Hall–Kier alpha value is -4.45. The topological polar surface area (TPSA) is 99.6 Å². The summed E-state index contributed by atoms with van der Waals surface area (Å²) in [6.07, 6.45) is 0. The van der Waals surface area contributed by atoms with Crippen molar-refractivity contribution in [3.63, 3.8) is 0 Å². The highest BCUT2D eigenvalue weighted by Gasteiger charge is 2.58. The van der Waals surface area contributed by atoms with Crippen LogP contribution in [-0.2, 0) is 9.49 Å². The van der Waals surface area contributed by atoms with E-state index in [1.54, 1.807) is 24.3 Å². The van der Waals surface area contributed by atoms with E-state index in [1.807, 2.05) is 84.9 Å². The van der Waals surface area contributed by atoms with Crippen LogP contribution in [0.3, 0.4) is 0 Å². The zero-order valence-corrected chi connectivity index (χ0v) is 19.7. The van der Waals surface area contributed by atoms with Gasteiger partial charge in [-0.15, -0.1) is 0 Å². The lowest BCUT2D eigenvalue weighted by Gasteiger charge is -2.29. The zero-order chi connectivity index (χ0) is 24.5. The number of rotatable bonds is 4. The average Bonchev–Trinajstić information content (AvgIpc) is 3.23. The van der Waals surface area contributed by atoms with Crippen LogP contribution in [0.15, 0.2) is 109 Å². The van der Waals surface area contributed by atoms with Gasteiger partial charge in [0.15, 0.2) is 9.49 Å². The number of anilines is 2. The number of nitrogen functional groups attached to an aromatic ring is 2. The first-order valence-electron chi connectivity index (χ1n) is 11.1. The molecule has 5 rings (SSSR count). The van der Waals surface area contributed by atoms with Gasteiger partial charge in [-0.25, -0.2) is 0 Å². The summed E-state index contributed by atoms with van der Waals surface area (Å²) in [4.78, 5) is 0. The molecule has 0 saturated carbocycles. The van der Waals surface area contributed by atoms with Crippen LogP contribution in [0.25, 0.3) is 11.1 Å². The van der Waals surface area contributed by atoms with E-state index in [4.69, 9.17) is 11.5 Å². The van der Waals surface area contributed by atoms with Crippen LogP contribution in [0.4, 0.5) is 11.4 Å². The maximum atomic E-state index is 10.9. The molecule has 0 fully saturated rings. The van der Waals surface area contributed by atoms with Gasteiger partial charge in [-0.3, -0.25) is 0 Å². The molecule has 4 N–H and O–H groups in total. The molecular weight excluding hydrogens is 448 g/mol. The third-order valence-corrected chi connectivity index (χ3v) is 8.01. The number of hydrogen-bond donors (Lipinski definition) is 2. The van der Waals surface area contributed by atoms with Gasteiger partial charge in [-0.05, 0) is 46.5 Å². The molecule has 1 aliphatic heterocycles. The standard InChI is InChI=1S/C30H22N4S/c31-19-29(23-11-15-25(33)16-12-23)27(21-7-3-1-4-8-21)28(22-9-5-2-6-10-22)30(20-32,35-29)24-13-17-26(34)18-14-24/h1-18H,33-34H2. The van der Waals surface area contributed by atoms with Gasteiger partial charge in [0.1, 0.15) is 0 Å². The maximum absolute atomic E-state index is 10.9. The van der Waals surface area contributed by atoms with E-state index >= 15 is 0 Å². The fourth-order valence-corrected chi connectivity index (χ4v) is 6.42. The van der Waals surface area contributed by atoms with E-state index in [2.05, 4.69) is 12.1 Å². The lowest BCUT2D eigenvalue weighted by molar-refractivity contribution is 1.02. The van der Waals surface area contributed by atoms with Gasteiger partial charge in [0, 0.05) is 22.5 Å². The Labute approximate surface area is 209 Å². The van der Waals surface area contributed by atoms with Crippen LogP contribution in [0.1, 0.15) is 22.3 Å². The summed E-state index contributed by atoms with van der Waals surface area (Å²) in [5, 5.41) is 21.8. The maximum Gasteiger partial charge on any atom is 0.156 e. The van der Waals surface area contributed by atoms with Gasteiger partial charge < -0.3 is 11.5 Å². The van der Waals surface area contributed by atoms with Crippen molar-refractivity contribution in [2.45, 2.75) is 9.49 Å². The van der Waals surface area contributed by atoms with Crippen LogP contribution in [0.2, 0.25) is 0 Å². The Morgan fingerprint density at radius 3 is 1.17 bits per heavy atom. The molecule has 0 spiro atoms. The fourth-order valence-electron chi connectivity index (χ4n) is 4.72. The largest absolute Gasteiger partial charge is 0.399 e. The van der Waals surface area contributed by atoms with Gasteiger partial charge in [-0.1, -0.05) is 96.7 Å². The molecule has 4 aromatic carbocycles. The number of thioether (sulfide) groups is 1.